The Hall–Kier alpha value is -0.610. The minimum absolute atomic E-state index is 0.0478. The molecule has 1 saturated carbocycles. The van der Waals surface area contributed by atoms with Gasteiger partial charge in [-0.3, -0.25) is 4.79 Å². The van der Waals surface area contributed by atoms with Crippen molar-refractivity contribution in [3.63, 3.8) is 0 Å². The summed E-state index contributed by atoms with van der Waals surface area (Å²) in [6.45, 7) is 7.52. The zero-order valence-electron chi connectivity index (χ0n) is 12.0. The summed E-state index contributed by atoms with van der Waals surface area (Å²) in [6.07, 6.45) is 4.63. The third kappa shape index (κ3) is 4.25. The number of carbonyl (C=O) groups is 1. The first-order valence-electron chi connectivity index (χ1n) is 7.15. The fourth-order valence-corrected chi connectivity index (χ4v) is 2.76. The molecule has 1 amide bonds. The maximum atomic E-state index is 12.1. The number of nitrogens with one attached hydrogen (secondary N) is 2. The van der Waals surface area contributed by atoms with Crippen molar-refractivity contribution in [2.75, 3.05) is 19.7 Å². The van der Waals surface area contributed by atoms with Crippen LogP contribution < -0.4 is 10.6 Å². The van der Waals surface area contributed by atoms with E-state index in [1.165, 1.54) is 12.8 Å². The van der Waals surface area contributed by atoms with Gasteiger partial charge >= 0.3 is 0 Å². The molecule has 0 aliphatic heterocycles. The molecule has 0 radical (unpaired) electrons. The van der Waals surface area contributed by atoms with Gasteiger partial charge in [0.15, 0.2) is 0 Å². The molecule has 0 bridgehead atoms. The Bertz CT molecular complexity index is 267. The molecule has 0 aromatic rings. The standard InChI is InChI=1S/C14H28N2O2/c1-4-16-14(2,3)13(18)15-9-11-7-5-6-8-12(11)10-17/h11-12,16-17H,4-10H2,1-3H3,(H,15,18). The van der Waals surface area contributed by atoms with Crippen molar-refractivity contribution in [2.45, 2.75) is 52.0 Å². The quantitative estimate of drug-likeness (QED) is 0.671. The van der Waals surface area contributed by atoms with Gasteiger partial charge in [0, 0.05) is 13.2 Å². The van der Waals surface area contributed by atoms with Crippen molar-refractivity contribution < 1.29 is 9.90 Å². The molecule has 1 fully saturated rings. The van der Waals surface area contributed by atoms with Crippen LogP contribution in [0.2, 0.25) is 0 Å². The lowest BCUT2D eigenvalue weighted by Crippen LogP contribution is -2.53. The Balaban J connectivity index is 2.41. The van der Waals surface area contributed by atoms with Crippen LogP contribution in [0.25, 0.3) is 0 Å². The summed E-state index contributed by atoms with van der Waals surface area (Å²) in [5, 5.41) is 15.5. The summed E-state index contributed by atoms with van der Waals surface area (Å²) >= 11 is 0. The van der Waals surface area contributed by atoms with E-state index in [0.29, 0.717) is 18.4 Å². The molecular weight excluding hydrogens is 228 g/mol. The van der Waals surface area contributed by atoms with Gasteiger partial charge in [0.1, 0.15) is 0 Å². The van der Waals surface area contributed by atoms with E-state index < -0.39 is 5.54 Å². The molecule has 0 spiro atoms. The highest BCUT2D eigenvalue weighted by molar-refractivity contribution is 5.85. The number of carbonyl (C=O) groups excluding carboxylic acids is 1. The predicted molar refractivity (Wildman–Crippen MR) is 73.3 cm³/mol. The van der Waals surface area contributed by atoms with E-state index in [1.807, 2.05) is 20.8 Å². The molecule has 0 saturated heterocycles. The molecule has 4 heteroatoms. The van der Waals surface area contributed by atoms with Gasteiger partial charge in [0.05, 0.1) is 5.54 Å². The van der Waals surface area contributed by atoms with Crippen LogP contribution in [0.15, 0.2) is 0 Å². The molecule has 1 rings (SSSR count). The molecule has 0 aromatic carbocycles. The summed E-state index contributed by atoms with van der Waals surface area (Å²) in [5.41, 5.74) is -0.516. The van der Waals surface area contributed by atoms with Crippen molar-refractivity contribution in [2.24, 2.45) is 11.8 Å². The Morgan fingerprint density at radius 2 is 1.89 bits per heavy atom. The number of likely N-dealkylation sites (N-methyl/N-ethyl adjacent to an activating group) is 1. The topological polar surface area (TPSA) is 61.4 Å². The molecule has 0 aromatic heterocycles. The lowest BCUT2D eigenvalue weighted by molar-refractivity contribution is -0.126. The first kappa shape index (κ1) is 15.4. The van der Waals surface area contributed by atoms with Crippen LogP contribution in [0, 0.1) is 11.8 Å². The average Bonchev–Trinajstić information content (AvgIpc) is 2.36. The molecule has 1 aliphatic rings. The van der Waals surface area contributed by atoms with Crippen LogP contribution in [0.4, 0.5) is 0 Å². The Morgan fingerprint density at radius 3 is 2.44 bits per heavy atom. The van der Waals surface area contributed by atoms with Crippen LogP contribution in [0.3, 0.4) is 0 Å². The highest BCUT2D eigenvalue weighted by Gasteiger charge is 2.29. The van der Waals surface area contributed by atoms with Crippen molar-refractivity contribution >= 4 is 5.91 Å². The first-order chi connectivity index (χ1) is 8.51. The zero-order valence-corrected chi connectivity index (χ0v) is 12.0. The molecule has 106 valence electrons. The van der Waals surface area contributed by atoms with E-state index in [-0.39, 0.29) is 12.5 Å². The molecule has 18 heavy (non-hydrogen) atoms. The number of rotatable bonds is 6. The fourth-order valence-electron chi connectivity index (χ4n) is 2.76. The second-order valence-electron chi connectivity index (χ2n) is 5.85. The second-order valence-corrected chi connectivity index (χ2v) is 5.85. The lowest BCUT2D eigenvalue weighted by Gasteiger charge is -2.32. The summed E-state index contributed by atoms with van der Waals surface area (Å²) in [7, 11) is 0. The summed E-state index contributed by atoms with van der Waals surface area (Å²) in [5.74, 6) is 0.845. The van der Waals surface area contributed by atoms with Gasteiger partial charge in [-0.2, -0.15) is 0 Å². The van der Waals surface area contributed by atoms with Gasteiger partial charge in [-0.25, -0.2) is 0 Å². The number of amides is 1. The van der Waals surface area contributed by atoms with Crippen LogP contribution in [-0.2, 0) is 4.79 Å². The molecule has 2 unspecified atom stereocenters. The number of aliphatic hydroxyl groups excluding tert-OH is 1. The van der Waals surface area contributed by atoms with Crippen LogP contribution in [-0.4, -0.2) is 36.2 Å². The third-order valence-electron chi connectivity index (χ3n) is 4.01. The zero-order chi connectivity index (χ0) is 13.6. The smallest absolute Gasteiger partial charge is 0.239 e. The number of hydrogen-bond donors (Lipinski definition) is 3. The van der Waals surface area contributed by atoms with E-state index in [2.05, 4.69) is 10.6 Å². The average molecular weight is 256 g/mol. The Labute approximate surface area is 111 Å². The molecule has 0 heterocycles. The lowest BCUT2D eigenvalue weighted by atomic mass is 9.79. The van der Waals surface area contributed by atoms with Crippen molar-refractivity contribution in [3.8, 4) is 0 Å². The first-order valence-corrected chi connectivity index (χ1v) is 7.15. The van der Waals surface area contributed by atoms with Crippen LogP contribution in [0.5, 0.6) is 0 Å². The van der Waals surface area contributed by atoms with E-state index in [0.717, 1.165) is 19.4 Å². The Kier molecular flexibility index (Phi) is 6.09. The van der Waals surface area contributed by atoms with Gasteiger partial charge in [-0.15, -0.1) is 0 Å². The molecule has 1 aliphatic carbocycles. The minimum Gasteiger partial charge on any atom is -0.396 e. The normalized spacial score (nSPS) is 24.9. The highest BCUT2D eigenvalue weighted by atomic mass is 16.3. The maximum absolute atomic E-state index is 12.1. The van der Waals surface area contributed by atoms with E-state index in [4.69, 9.17) is 0 Å². The fraction of sp³-hybridized carbons (Fsp3) is 0.929. The van der Waals surface area contributed by atoms with E-state index in [1.54, 1.807) is 0 Å². The van der Waals surface area contributed by atoms with Gasteiger partial charge in [0.2, 0.25) is 5.91 Å². The SMILES string of the molecule is CCNC(C)(C)C(=O)NCC1CCCCC1CO. The van der Waals surface area contributed by atoms with Crippen molar-refractivity contribution in [1.29, 1.82) is 0 Å². The summed E-state index contributed by atoms with van der Waals surface area (Å²) < 4.78 is 0. The largest absolute Gasteiger partial charge is 0.396 e. The predicted octanol–water partition coefficient (Wildman–Crippen LogP) is 1.29. The monoisotopic (exact) mass is 256 g/mol. The molecule has 3 N–H and O–H groups in total. The maximum Gasteiger partial charge on any atom is 0.239 e. The Morgan fingerprint density at radius 1 is 1.28 bits per heavy atom. The highest BCUT2D eigenvalue weighted by Crippen LogP contribution is 2.29. The number of aliphatic hydroxyl groups is 1. The van der Waals surface area contributed by atoms with Gasteiger partial charge in [-0.05, 0) is 45.1 Å². The number of hydrogen-bond acceptors (Lipinski definition) is 3. The second kappa shape index (κ2) is 7.10. The van der Waals surface area contributed by atoms with Crippen LogP contribution in [0.1, 0.15) is 46.5 Å². The van der Waals surface area contributed by atoms with Crippen molar-refractivity contribution in [3.05, 3.63) is 0 Å². The van der Waals surface area contributed by atoms with Gasteiger partial charge < -0.3 is 15.7 Å². The molecular formula is C14H28N2O2. The molecule has 2 atom stereocenters. The van der Waals surface area contributed by atoms with Crippen molar-refractivity contribution in [1.82, 2.24) is 10.6 Å². The third-order valence-corrected chi connectivity index (χ3v) is 4.01. The van der Waals surface area contributed by atoms with E-state index >= 15 is 0 Å². The van der Waals surface area contributed by atoms with E-state index in [9.17, 15) is 9.90 Å². The summed E-state index contributed by atoms with van der Waals surface area (Å²) in [4.78, 5) is 12.1. The van der Waals surface area contributed by atoms with Gasteiger partial charge in [-0.1, -0.05) is 19.8 Å². The molecule has 4 nitrogen and oxygen atoms in total. The minimum atomic E-state index is -0.516. The van der Waals surface area contributed by atoms with Gasteiger partial charge in [0.25, 0.3) is 0 Å². The summed E-state index contributed by atoms with van der Waals surface area (Å²) in [6, 6.07) is 0. The van der Waals surface area contributed by atoms with Crippen LogP contribution >= 0.6 is 0 Å².